The minimum Gasteiger partial charge on any atom is -0.344 e. The minimum atomic E-state index is 0.0155. The number of carbonyl (C=O) groups is 1. The maximum absolute atomic E-state index is 12.1. The second kappa shape index (κ2) is 4.84. The van der Waals surface area contributed by atoms with E-state index in [1.54, 1.807) is 0 Å². The summed E-state index contributed by atoms with van der Waals surface area (Å²) in [6.45, 7) is 4.49. The first-order valence-electron chi connectivity index (χ1n) is 7.68. The molecule has 0 bridgehead atoms. The van der Waals surface area contributed by atoms with Crippen LogP contribution in [0.5, 0.6) is 0 Å². The smallest absolute Gasteiger partial charge is 0.231 e. The highest BCUT2D eigenvalue weighted by molar-refractivity contribution is 5.88. The Labute approximate surface area is 111 Å². The first-order chi connectivity index (χ1) is 8.70. The fourth-order valence-electron chi connectivity index (χ4n) is 4.33. The van der Waals surface area contributed by atoms with Gasteiger partial charge in [0.05, 0.1) is 5.41 Å². The average Bonchev–Trinajstić information content (AvgIpc) is 2.40. The first-order valence-corrected chi connectivity index (χ1v) is 7.68. The molecule has 1 aliphatic carbocycles. The number of nitrogens with zero attached hydrogens (tertiary/aromatic N) is 2. The fourth-order valence-corrected chi connectivity index (χ4v) is 4.33. The molecule has 3 fully saturated rings. The summed E-state index contributed by atoms with van der Waals surface area (Å²) >= 11 is 0. The van der Waals surface area contributed by atoms with Crippen molar-refractivity contribution in [1.82, 2.24) is 9.80 Å². The van der Waals surface area contributed by atoms with Crippen molar-refractivity contribution in [3.05, 3.63) is 0 Å². The number of piperidine rings is 1. The molecule has 3 rings (SSSR count). The van der Waals surface area contributed by atoms with Gasteiger partial charge in [0, 0.05) is 26.7 Å². The third-order valence-electron chi connectivity index (χ3n) is 5.24. The lowest BCUT2D eigenvalue weighted by molar-refractivity contribution is -0.163. The highest BCUT2D eigenvalue weighted by Gasteiger charge is 2.52. The monoisotopic (exact) mass is 250 g/mol. The quantitative estimate of drug-likeness (QED) is 0.701. The number of likely N-dealkylation sites (tertiary alicyclic amines) is 2. The third-order valence-corrected chi connectivity index (χ3v) is 5.24. The van der Waals surface area contributed by atoms with Crippen LogP contribution >= 0.6 is 0 Å². The van der Waals surface area contributed by atoms with Crippen LogP contribution in [-0.4, -0.2) is 48.9 Å². The maximum atomic E-state index is 12.1. The molecule has 0 radical (unpaired) electrons. The van der Waals surface area contributed by atoms with E-state index in [-0.39, 0.29) is 5.41 Å². The van der Waals surface area contributed by atoms with E-state index in [0.29, 0.717) is 5.91 Å². The third kappa shape index (κ3) is 2.18. The summed E-state index contributed by atoms with van der Waals surface area (Å²) in [4.78, 5) is 16.6. The number of β-lactam (4-membered cyclic amide) rings is 1. The van der Waals surface area contributed by atoms with Gasteiger partial charge < -0.3 is 9.80 Å². The normalized spacial score (nSPS) is 34.9. The molecule has 1 spiro atoms. The van der Waals surface area contributed by atoms with Crippen molar-refractivity contribution < 1.29 is 4.79 Å². The Kier molecular flexibility index (Phi) is 3.35. The maximum Gasteiger partial charge on any atom is 0.231 e. The van der Waals surface area contributed by atoms with Gasteiger partial charge in [-0.3, -0.25) is 4.79 Å². The molecule has 0 aromatic heterocycles. The van der Waals surface area contributed by atoms with Crippen molar-refractivity contribution in [2.24, 2.45) is 11.3 Å². The fraction of sp³-hybridized carbons (Fsp3) is 0.933. The van der Waals surface area contributed by atoms with Gasteiger partial charge in [0.15, 0.2) is 0 Å². The highest BCUT2D eigenvalue weighted by atomic mass is 16.2. The van der Waals surface area contributed by atoms with Crippen molar-refractivity contribution in [1.29, 1.82) is 0 Å². The summed E-state index contributed by atoms with van der Waals surface area (Å²) in [5.74, 6) is 1.30. The zero-order valence-corrected chi connectivity index (χ0v) is 11.7. The largest absolute Gasteiger partial charge is 0.344 e. The molecular weight excluding hydrogens is 224 g/mol. The molecule has 1 atom stereocenters. The van der Waals surface area contributed by atoms with Gasteiger partial charge in [0.1, 0.15) is 0 Å². The van der Waals surface area contributed by atoms with Gasteiger partial charge in [-0.25, -0.2) is 0 Å². The van der Waals surface area contributed by atoms with Gasteiger partial charge in [0.2, 0.25) is 5.91 Å². The molecule has 1 saturated carbocycles. The molecular formula is C15H26N2O. The van der Waals surface area contributed by atoms with E-state index in [0.717, 1.165) is 25.4 Å². The summed E-state index contributed by atoms with van der Waals surface area (Å²) in [5.41, 5.74) is 0.0155. The van der Waals surface area contributed by atoms with Gasteiger partial charge >= 0.3 is 0 Å². The summed E-state index contributed by atoms with van der Waals surface area (Å²) in [7, 11) is 1.94. The Bertz CT molecular complexity index is 320. The van der Waals surface area contributed by atoms with E-state index >= 15 is 0 Å². The van der Waals surface area contributed by atoms with Gasteiger partial charge in [0.25, 0.3) is 0 Å². The molecule has 2 heterocycles. The van der Waals surface area contributed by atoms with Crippen LogP contribution in [-0.2, 0) is 4.79 Å². The summed E-state index contributed by atoms with van der Waals surface area (Å²) < 4.78 is 0. The standard InChI is InChI=1S/C15H26N2O/c1-16-11-15(14(16)18)8-5-9-17(12-15)10-13-6-3-2-4-7-13/h13H,2-12H2,1H3/t15-/m0/s1. The van der Waals surface area contributed by atoms with E-state index in [4.69, 9.17) is 0 Å². The van der Waals surface area contributed by atoms with Gasteiger partial charge in [-0.15, -0.1) is 0 Å². The predicted molar refractivity (Wildman–Crippen MR) is 72.3 cm³/mol. The van der Waals surface area contributed by atoms with Crippen LogP contribution < -0.4 is 0 Å². The van der Waals surface area contributed by atoms with Crippen LogP contribution in [0.15, 0.2) is 0 Å². The van der Waals surface area contributed by atoms with E-state index in [1.165, 1.54) is 51.6 Å². The summed E-state index contributed by atoms with van der Waals surface area (Å²) in [6.07, 6.45) is 9.44. The Morgan fingerprint density at radius 2 is 1.94 bits per heavy atom. The van der Waals surface area contributed by atoms with Crippen molar-refractivity contribution in [2.75, 3.05) is 33.2 Å². The first kappa shape index (κ1) is 12.5. The highest BCUT2D eigenvalue weighted by Crippen LogP contribution is 2.40. The molecule has 0 N–H and O–H groups in total. The Balaban J connectivity index is 1.56. The van der Waals surface area contributed by atoms with E-state index < -0.39 is 0 Å². The zero-order chi connectivity index (χ0) is 12.6. The predicted octanol–water partition coefficient (Wildman–Crippen LogP) is 2.12. The van der Waals surface area contributed by atoms with Gasteiger partial charge in [-0.2, -0.15) is 0 Å². The molecule has 3 nitrogen and oxygen atoms in total. The second-order valence-corrected chi connectivity index (χ2v) is 6.78. The van der Waals surface area contributed by atoms with Crippen molar-refractivity contribution in [3.8, 4) is 0 Å². The Morgan fingerprint density at radius 1 is 1.17 bits per heavy atom. The van der Waals surface area contributed by atoms with E-state index in [9.17, 15) is 4.79 Å². The van der Waals surface area contributed by atoms with Crippen molar-refractivity contribution >= 4 is 5.91 Å². The average molecular weight is 250 g/mol. The molecule has 102 valence electrons. The number of carbonyl (C=O) groups excluding carboxylic acids is 1. The number of rotatable bonds is 2. The molecule has 0 aromatic rings. The SMILES string of the molecule is CN1C[C@]2(CCCN(CC3CCCCC3)C2)C1=O. The lowest BCUT2D eigenvalue weighted by Gasteiger charge is -2.52. The van der Waals surface area contributed by atoms with Gasteiger partial charge in [-0.1, -0.05) is 19.3 Å². The van der Waals surface area contributed by atoms with Crippen LogP contribution in [0.3, 0.4) is 0 Å². The van der Waals surface area contributed by atoms with Crippen molar-refractivity contribution in [3.63, 3.8) is 0 Å². The van der Waals surface area contributed by atoms with Crippen LogP contribution in [0.4, 0.5) is 0 Å². The molecule has 0 aromatic carbocycles. The van der Waals surface area contributed by atoms with Crippen LogP contribution in [0.2, 0.25) is 0 Å². The lowest BCUT2D eigenvalue weighted by Crippen LogP contribution is -2.65. The zero-order valence-electron chi connectivity index (χ0n) is 11.7. The van der Waals surface area contributed by atoms with Gasteiger partial charge in [-0.05, 0) is 38.1 Å². The summed E-state index contributed by atoms with van der Waals surface area (Å²) in [6, 6.07) is 0. The number of hydrogen-bond donors (Lipinski definition) is 0. The van der Waals surface area contributed by atoms with Crippen molar-refractivity contribution in [2.45, 2.75) is 44.9 Å². The molecule has 3 aliphatic rings. The Hall–Kier alpha value is -0.570. The number of amides is 1. The van der Waals surface area contributed by atoms with Crippen LogP contribution in [0.25, 0.3) is 0 Å². The van der Waals surface area contributed by atoms with Crippen LogP contribution in [0.1, 0.15) is 44.9 Å². The number of hydrogen-bond acceptors (Lipinski definition) is 2. The second-order valence-electron chi connectivity index (χ2n) is 6.78. The summed E-state index contributed by atoms with van der Waals surface area (Å²) in [5, 5.41) is 0. The minimum absolute atomic E-state index is 0.0155. The lowest BCUT2D eigenvalue weighted by atomic mass is 9.72. The molecule has 18 heavy (non-hydrogen) atoms. The molecule has 1 amide bonds. The molecule has 2 saturated heterocycles. The van der Waals surface area contributed by atoms with E-state index in [2.05, 4.69) is 4.90 Å². The molecule has 3 heteroatoms. The Morgan fingerprint density at radius 3 is 2.61 bits per heavy atom. The molecule has 2 aliphatic heterocycles. The van der Waals surface area contributed by atoms with E-state index in [1.807, 2.05) is 11.9 Å². The topological polar surface area (TPSA) is 23.6 Å². The van der Waals surface area contributed by atoms with Crippen LogP contribution in [0, 0.1) is 11.3 Å². The molecule has 0 unspecified atom stereocenters.